The molecule has 260 valence electrons. The Labute approximate surface area is 287 Å². The van der Waals surface area contributed by atoms with Crippen LogP contribution in [-0.2, 0) is 27.7 Å². The van der Waals surface area contributed by atoms with Crippen molar-refractivity contribution in [1.82, 2.24) is 24.1 Å². The molecule has 0 radical (unpaired) electrons. The molecule has 2 N–H and O–H groups in total. The second-order valence-corrected chi connectivity index (χ2v) is 15.7. The number of morpholine rings is 1. The monoisotopic (exact) mass is 688 g/mol. The van der Waals surface area contributed by atoms with E-state index in [1.165, 1.54) is 10.6 Å². The van der Waals surface area contributed by atoms with Gasteiger partial charge in [0.25, 0.3) is 5.91 Å². The number of piperidine rings is 1. The molecule has 0 saturated carbocycles. The molecule has 5 heterocycles. The Morgan fingerprint density at radius 1 is 0.857 bits per heavy atom. The minimum Gasteiger partial charge on any atom is -0.371 e. The van der Waals surface area contributed by atoms with Crippen LogP contribution in [0, 0.1) is 0 Å². The quantitative estimate of drug-likeness (QED) is 0.381. The van der Waals surface area contributed by atoms with Crippen molar-refractivity contribution in [3.63, 3.8) is 0 Å². The van der Waals surface area contributed by atoms with Gasteiger partial charge in [-0.2, -0.15) is 4.31 Å². The minimum atomic E-state index is -3.37. The summed E-state index contributed by atoms with van der Waals surface area (Å²) < 4.78 is 32.3. The van der Waals surface area contributed by atoms with E-state index in [2.05, 4.69) is 34.5 Å². The summed E-state index contributed by atoms with van der Waals surface area (Å²) in [5.41, 5.74) is 4.24. The third kappa shape index (κ3) is 7.42. The van der Waals surface area contributed by atoms with E-state index in [4.69, 9.17) is 14.7 Å². The number of sulfonamides is 1. The van der Waals surface area contributed by atoms with Crippen LogP contribution in [0.25, 0.3) is 11.4 Å². The molecule has 0 spiro atoms. The summed E-state index contributed by atoms with van der Waals surface area (Å²) in [5.74, 6) is 1.38. The molecule has 4 aliphatic heterocycles. The number of likely N-dealkylation sites (tertiary alicyclic amines) is 1. The molecule has 1 aromatic heterocycles. The molecular weight excluding hydrogens is 645 g/mol. The first-order chi connectivity index (χ1) is 23.5. The Morgan fingerprint density at radius 3 is 2.06 bits per heavy atom. The summed E-state index contributed by atoms with van der Waals surface area (Å²) in [7, 11) is 0.782. The molecule has 2 bridgehead atoms. The van der Waals surface area contributed by atoms with Gasteiger partial charge in [-0.15, -0.1) is 0 Å². The van der Waals surface area contributed by atoms with Gasteiger partial charge in [0.15, 0.2) is 5.82 Å². The third-order valence-electron chi connectivity index (χ3n) is 10.1. The number of carbonyl (C=O) groups excluding carboxylic acids is 2. The van der Waals surface area contributed by atoms with Gasteiger partial charge in [0, 0.05) is 66.8 Å². The van der Waals surface area contributed by atoms with Gasteiger partial charge in [-0.1, -0.05) is 0 Å². The topological polar surface area (TPSA) is 140 Å². The van der Waals surface area contributed by atoms with E-state index in [1.54, 1.807) is 36.4 Å². The zero-order valence-electron chi connectivity index (χ0n) is 28.3. The van der Waals surface area contributed by atoms with Crippen molar-refractivity contribution in [2.75, 3.05) is 68.6 Å². The first-order valence-electron chi connectivity index (χ1n) is 17.0. The van der Waals surface area contributed by atoms with Crippen molar-refractivity contribution in [3.8, 4) is 11.4 Å². The van der Waals surface area contributed by atoms with Crippen molar-refractivity contribution in [2.45, 2.75) is 56.9 Å². The largest absolute Gasteiger partial charge is 0.371 e. The molecule has 3 amide bonds. The summed E-state index contributed by atoms with van der Waals surface area (Å²) in [6, 6.07) is 14.3. The van der Waals surface area contributed by atoms with Crippen LogP contribution in [0.5, 0.6) is 0 Å². The number of hydrogen-bond donors (Lipinski definition) is 2. The molecule has 2 atom stereocenters. The fourth-order valence-corrected chi connectivity index (χ4v) is 8.09. The summed E-state index contributed by atoms with van der Waals surface area (Å²) in [5, 5.41) is 5.69. The maximum Gasteiger partial charge on any atom is 0.323 e. The Bertz CT molecular complexity index is 1800. The number of nitrogens with zero attached hydrogens (tertiary/aromatic N) is 6. The number of anilines is 3. The summed E-state index contributed by atoms with van der Waals surface area (Å²) in [4.78, 5) is 42.1. The van der Waals surface area contributed by atoms with Crippen LogP contribution in [0.2, 0.25) is 0 Å². The van der Waals surface area contributed by atoms with Crippen molar-refractivity contribution < 1.29 is 22.7 Å². The van der Waals surface area contributed by atoms with Gasteiger partial charge < -0.3 is 30.1 Å². The predicted octanol–water partition coefficient (Wildman–Crippen LogP) is 3.64. The van der Waals surface area contributed by atoms with E-state index >= 15 is 0 Å². The molecule has 3 fully saturated rings. The molecule has 0 aliphatic carbocycles. The number of aromatic nitrogens is 2. The molecule has 7 rings (SSSR count). The van der Waals surface area contributed by atoms with Crippen molar-refractivity contribution in [1.29, 1.82) is 0 Å². The Morgan fingerprint density at radius 2 is 1.47 bits per heavy atom. The average molecular weight is 689 g/mol. The fourth-order valence-electron chi connectivity index (χ4n) is 7.31. The smallest absolute Gasteiger partial charge is 0.323 e. The number of rotatable bonds is 7. The van der Waals surface area contributed by atoms with Gasteiger partial charge in [0.2, 0.25) is 10.0 Å². The molecule has 13 nitrogen and oxygen atoms in total. The molecule has 14 heteroatoms. The first kappa shape index (κ1) is 33.4. The lowest BCUT2D eigenvalue weighted by Gasteiger charge is -2.36. The lowest BCUT2D eigenvalue weighted by Crippen LogP contribution is -2.44. The van der Waals surface area contributed by atoms with Crippen molar-refractivity contribution >= 4 is 39.2 Å². The first-order valence-corrected chi connectivity index (χ1v) is 18.8. The molecule has 2 unspecified atom stereocenters. The normalized spacial score (nSPS) is 21.5. The van der Waals surface area contributed by atoms with Crippen LogP contribution < -0.4 is 15.5 Å². The van der Waals surface area contributed by atoms with Gasteiger partial charge >= 0.3 is 6.03 Å². The zero-order chi connectivity index (χ0) is 34.3. The van der Waals surface area contributed by atoms with Gasteiger partial charge in [0.05, 0.1) is 30.7 Å². The van der Waals surface area contributed by atoms with E-state index in [-0.39, 0.29) is 24.7 Å². The highest BCUT2D eigenvalue weighted by molar-refractivity contribution is 7.88. The van der Waals surface area contributed by atoms with E-state index in [1.807, 2.05) is 17.0 Å². The Balaban J connectivity index is 1.02. The summed E-state index contributed by atoms with van der Waals surface area (Å²) in [6.45, 7) is 3.58. The molecule has 2 aromatic carbocycles. The lowest BCUT2D eigenvalue weighted by molar-refractivity contribution is 0.0301. The molecule has 3 saturated heterocycles. The summed E-state index contributed by atoms with van der Waals surface area (Å²) in [6.07, 6.45) is 6.13. The maximum absolute atomic E-state index is 13.0. The highest BCUT2D eigenvalue weighted by Crippen LogP contribution is 2.35. The van der Waals surface area contributed by atoms with Gasteiger partial charge in [-0.25, -0.2) is 23.2 Å². The van der Waals surface area contributed by atoms with E-state index < -0.39 is 16.1 Å². The number of hydrogen-bond acceptors (Lipinski definition) is 9. The van der Waals surface area contributed by atoms with Crippen LogP contribution in [0.1, 0.15) is 47.3 Å². The zero-order valence-corrected chi connectivity index (χ0v) is 29.1. The highest BCUT2D eigenvalue weighted by atomic mass is 32.2. The third-order valence-corrected chi connectivity index (χ3v) is 11.3. The average Bonchev–Trinajstić information content (AvgIpc) is 3.44. The van der Waals surface area contributed by atoms with Crippen LogP contribution in [0.15, 0.2) is 48.5 Å². The Hall–Kier alpha value is -4.11. The van der Waals surface area contributed by atoms with Crippen molar-refractivity contribution in [3.05, 3.63) is 65.4 Å². The number of urea groups is 1. The molecule has 3 aromatic rings. The fraction of sp³-hybridized carbons (Fsp3) is 0.486. The number of carbonyl (C=O) groups is 2. The van der Waals surface area contributed by atoms with Crippen LogP contribution >= 0.6 is 0 Å². The summed E-state index contributed by atoms with van der Waals surface area (Å²) >= 11 is 0. The molecular formula is C35H44N8O5S. The van der Waals surface area contributed by atoms with E-state index in [9.17, 15) is 18.0 Å². The minimum absolute atomic E-state index is 0.00750. The number of nitrogens with one attached hydrogen (secondary N) is 2. The van der Waals surface area contributed by atoms with Gasteiger partial charge in [-0.05, 0) is 94.7 Å². The maximum atomic E-state index is 13.0. The number of ether oxygens (including phenoxy) is 1. The van der Waals surface area contributed by atoms with Gasteiger partial charge in [0.1, 0.15) is 5.82 Å². The molecule has 49 heavy (non-hydrogen) atoms. The second kappa shape index (κ2) is 13.7. The van der Waals surface area contributed by atoms with E-state index in [0.29, 0.717) is 41.8 Å². The molecule has 4 aliphatic rings. The number of fused-ring (bicyclic) bond motifs is 3. The predicted molar refractivity (Wildman–Crippen MR) is 188 cm³/mol. The highest BCUT2D eigenvalue weighted by Gasteiger charge is 2.37. The van der Waals surface area contributed by atoms with Crippen molar-refractivity contribution in [2.24, 2.45) is 0 Å². The van der Waals surface area contributed by atoms with Crippen LogP contribution in [0.4, 0.5) is 22.0 Å². The van der Waals surface area contributed by atoms with E-state index in [0.717, 1.165) is 74.5 Å². The van der Waals surface area contributed by atoms with Crippen LogP contribution in [0.3, 0.4) is 0 Å². The van der Waals surface area contributed by atoms with Gasteiger partial charge in [-0.3, -0.25) is 4.79 Å². The van der Waals surface area contributed by atoms with Crippen LogP contribution in [-0.4, -0.2) is 116 Å². The lowest BCUT2D eigenvalue weighted by atomic mass is 10.0. The standard InChI is InChI=1S/C35H44N8O5S/c1-40(2)27-14-17-41(18-15-27)34(44)24-6-10-26(11-7-24)37-35(45)36-25-8-4-23(5-9-25)32-38-31-22-43(49(3,46)47)19-16-30(31)33(39-32)42-20-28-12-13-29(21-42)48-28/h4-11,27-29H,12-22H2,1-3H3,(H2,36,37,45). The second-order valence-electron chi connectivity index (χ2n) is 13.7. The number of amides is 3. The number of benzene rings is 2. The SMILES string of the molecule is CN(C)C1CCN(C(=O)c2ccc(NC(=O)Nc3ccc(-c4nc5c(c(N6CC7CCC(C6)O7)n4)CCN(S(C)(=O)=O)C5)cc3)cc2)CC1. The Kier molecular flexibility index (Phi) is 9.31.